The Labute approximate surface area is 77.8 Å². The Morgan fingerprint density at radius 2 is 2.17 bits per heavy atom. The van der Waals surface area contributed by atoms with Crippen LogP contribution in [0.1, 0.15) is 17.5 Å². The van der Waals surface area contributed by atoms with Crippen LogP contribution in [0.3, 0.4) is 0 Å². The third-order valence-corrected chi connectivity index (χ3v) is 2.46. The molecule has 1 nitrogen and oxygen atoms in total. The second kappa shape index (κ2) is 2.87. The average molecular weight is 177 g/mol. The first-order valence-corrected chi connectivity index (χ1v) is 4.56. The van der Waals surface area contributed by atoms with E-state index >= 15 is 0 Å². The summed E-state index contributed by atoms with van der Waals surface area (Å²) < 4.78 is 0. The van der Waals surface area contributed by atoms with Crippen molar-refractivity contribution in [2.24, 2.45) is 0 Å². The molecule has 1 heterocycles. The lowest BCUT2D eigenvalue weighted by Crippen LogP contribution is -2.16. The monoisotopic (exact) mass is 177 g/mol. The summed E-state index contributed by atoms with van der Waals surface area (Å²) in [4.78, 5) is 0.964. The normalized spacial score (nSPS) is 15.2. The molecule has 2 rings (SSSR count). The molecule has 12 heavy (non-hydrogen) atoms. The fourth-order valence-corrected chi connectivity index (χ4v) is 1.72. The van der Waals surface area contributed by atoms with Crippen LogP contribution in [0.2, 0.25) is 0 Å². The molecule has 1 aromatic rings. The number of aryl methyl sites for hydroxylation is 2. The molecule has 62 valence electrons. The zero-order valence-corrected chi connectivity index (χ0v) is 7.87. The molecule has 1 aliphatic heterocycles. The van der Waals surface area contributed by atoms with Crippen LogP contribution < -0.4 is 5.32 Å². The Bertz CT molecular complexity index is 331. The summed E-state index contributed by atoms with van der Waals surface area (Å²) in [6, 6.07) is 6.44. The number of nitrogens with one attached hydrogen (secondary N) is 1. The molecule has 0 aromatic heterocycles. The quantitative estimate of drug-likeness (QED) is 0.611. The minimum Gasteiger partial charge on any atom is -0.350 e. The average Bonchev–Trinajstić information content (AvgIpc) is 2.05. The van der Waals surface area contributed by atoms with E-state index in [2.05, 4.69) is 30.4 Å². The van der Waals surface area contributed by atoms with Gasteiger partial charge in [-0.15, -0.1) is 0 Å². The maximum Gasteiger partial charge on any atom is 0.0800 e. The Hall–Kier alpha value is -0.890. The SMILES string of the molecule is Cc1ccc2c(c1)CCC(=S)N2. The van der Waals surface area contributed by atoms with Crippen LogP contribution in [0.5, 0.6) is 0 Å². The fraction of sp³-hybridized carbons (Fsp3) is 0.300. The van der Waals surface area contributed by atoms with E-state index in [1.54, 1.807) is 0 Å². The molecule has 0 saturated carbocycles. The van der Waals surface area contributed by atoms with Crippen molar-refractivity contribution >= 4 is 22.9 Å². The molecule has 0 spiro atoms. The zero-order chi connectivity index (χ0) is 8.55. The van der Waals surface area contributed by atoms with Gasteiger partial charge in [-0.1, -0.05) is 29.9 Å². The van der Waals surface area contributed by atoms with Gasteiger partial charge in [-0.25, -0.2) is 0 Å². The van der Waals surface area contributed by atoms with Crippen molar-refractivity contribution in [2.75, 3.05) is 5.32 Å². The van der Waals surface area contributed by atoms with E-state index < -0.39 is 0 Å². The lowest BCUT2D eigenvalue weighted by atomic mass is 10.0. The van der Waals surface area contributed by atoms with Crippen molar-refractivity contribution in [3.63, 3.8) is 0 Å². The van der Waals surface area contributed by atoms with Crippen molar-refractivity contribution in [1.29, 1.82) is 0 Å². The number of fused-ring (bicyclic) bond motifs is 1. The van der Waals surface area contributed by atoms with Gasteiger partial charge < -0.3 is 5.32 Å². The summed E-state index contributed by atoms with van der Waals surface area (Å²) in [5.41, 5.74) is 3.91. The van der Waals surface area contributed by atoms with E-state index in [0.29, 0.717) is 0 Å². The van der Waals surface area contributed by atoms with Gasteiger partial charge in [0.25, 0.3) is 0 Å². The van der Waals surface area contributed by atoms with E-state index in [1.165, 1.54) is 16.8 Å². The summed E-state index contributed by atoms with van der Waals surface area (Å²) in [6.07, 6.45) is 2.08. The topological polar surface area (TPSA) is 12.0 Å². The predicted molar refractivity (Wildman–Crippen MR) is 55.7 cm³/mol. The van der Waals surface area contributed by atoms with Crippen molar-refractivity contribution in [3.8, 4) is 0 Å². The summed E-state index contributed by atoms with van der Waals surface area (Å²) in [5, 5.41) is 3.22. The standard InChI is InChI=1S/C10H11NS/c1-7-2-4-9-8(6-7)3-5-10(12)11-9/h2,4,6H,3,5H2,1H3,(H,11,12). The van der Waals surface area contributed by atoms with Crippen molar-refractivity contribution in [2.45, 2.75) is 19.8 Å². The largest absolute Gasteiger partial charge is 0.350 e. The number of hydrogen-bond donors (Lipinski definition) is 1. The Morgan fingerprint density at radius 1 is 1.33 bits per heavy atom. The minimum absolute atomic E-state index is 0.964. The van der Waals surface area contributed by atoms with Gasteiger partial charge in [0.1, 0.15) is 0 Å². The van der Waals surface area contributed by atoms with E-state index in [-0.39, 0.29) is 0 Å². The maximum atomic E-state index is 5.10. The van der Waals surface area contributed by atoms with Crippen LogP contribution >= 0.6 is 12.2 Å². The van der Waals surface area contributed by atoms with Crippen molar-refractivity contribution < 1.29 is 0 Å². The third kappa shape index (κ3) is 1.34. The number of thiocarbonyl (C=S) groups is 1. The molecule has 1 aromatic carbocycles. The number of anilines is 1. The lowest BCUT2D eigenvalue weighted by Gasteiger charge is -2.18. The molecule has 0 saturated heterocycles. The van der Waals surface area contributed by atoms with Gasteiger partial charge in [0, 0.05) is 12.1 Å². The number of hydrogen-bond acceptors (Lipinski definition) is 1. The molecule has 0 amide bonds. The van der Waals surface area contributed by atoms with E-state index in [9.17, 15) is 0 Å². The van der Waals surface area contributed by atoms with Crippen LogP contribution in [0, 0.1) is 6.92 Å². The summed E-state index contributed by atoms with van der Waals surface area (Å²) >= 11 is 5.10. The zero-order valence-electron chi connectivity index (χ0n) is 7.05. The molecule has 1 N–H and O–H groups in total. The van der Waals surface area contributed by atoms with Gasteiger partial charge in [-0.3, -0.25) is 0 Å². The Balaban J connectivity index is 2.43. The van der Waals surface area contributed by atoms with Crippen LogP contribution in [0.4, 0.5) is 5.69 Å². The summed E-state index contributed by atoms with van der Waals surface area (Å²) in [5.74, 6) is 0. The first kappa shape index (κ1) is 7.74. The Morgan fingerprint density at radius 3 is 3.00 bits per heavy atom. The molecular formula is C10H11NS. The maximum absolute atomic E-state index is 5.10. The highest BCUT2D eigenvalue weighted by atomic mass is 32.1. The molecule has 1 aliphatic rings. The minimum atomic E-state index is 0.964. The van der Waals surface area contributed by atoms with Gasteiger partial charge in [0.2, 0.25) is 0 Å². The molecule has 0 atom stereocenters. The van der Waals surface area contributed by atoms with Gasteiger partial charge in [-0.2, -0.15) is 0 Å². The predicted octanol–water partition coefficient (Wildman–Crippen LogP) is 2.68. The third-order valence-electron chi connectivity index (χ3n) is 2.16. The highest BCUT2D eigenvalue weighted by Gasteiger charge is 2.10. The highest BCUT2D eigenvalue weighted by Crippen LogP contribution is 2.23. The molecule has 0 unspecified atom stereocenters. The van der Waals surface area contributed by atoms with Gasteiger partial charge in [-0.05, 0) is 25.0 Å². The van der Waals surface area contributed by atoms with Crippen molar-refractivity contribution in [1.82, 2.24) is 0 Å². The van der Waals surface area contributed by atoms with Gasteiger partial charge in [0.05, 0.1) is 4.99 Å². The molecule has 0 aliphatic carbocycles. The second-order valence-corrected chi connectivity index (χ2v) is 3.70. The van der Waals surface area contributed by atoms with Crippen LogP contribution in [0.15, 0.2) is 18.2 Å². The van der Waals surface area contributed by atoms with Gasteiger partial charge in [0.15, 0.2) is 0 Å². The van der Waals surface area contributed by atoms with E-state index in [1.807, 2.05) is 0 Å². The fourth-order valence-electron chi connectivity index (χ4n) is 1.51. The van der Waals surface area contributed by atoms with Crippen molar-refractivity contribution in [3.05, 3.63) is 29.3 Å². The summed E-state index contributed by atoms with van der Waals surface area (Å²) in [6.45, 7) is 2.12. The summed E-state index contributed by atoms with van der Waals surface area (Å²) in [7, 11) is 0. The van der Waals surface area contributed by atoms with Crippen LogP contribution in [-0.2, 0) is 6.42 Å². The van der Waals surface area contributed by atoms with Gasteiger partial charge >= 0.3 is 0 Å². The number of rotatable bonds is 0. The molecule has 0 radical (unpaired) electrons. The van der Waals surface area contributed by atoms with Crippen LogP contribution in [0.25, 0.3) is 0 Å². The first-order valence-electron chi connectivity index (χ1n) is 4.15. The van der Waals surface area contributed by atoms with E-state index in [0.717, 1.165) is 17.8 Å². The first-order chi connectivity index (χ1) is 5.75. The Kier molecular flexibility index (Phi) is 1.85. The smallest absolute Gasteiger partial charge is 0.0800 e. The highest BCUT2D eigenvalue weighted by molar-refractivity contribution is 7.80. The number of benzene rings is 1. The van der Waals surface area contributed by atoms with Crippen LogP contribution in [-0.4, -0.2) is 4.99 Å². The van der Waals surface area contributed by atoms with E-state index in [4.69, 9.17) is 12.2 Å². The second-order valence-electron chi connectivity index (χ2n) is 3.21. The molecule has 0 bridgehead atoms. The molecule has 0 fully saturated rings. The molecular weight excluding hydrogens is 166 g/mol. The lowest BCUT2D eigenvalue weighted by molar-refractivity contribution is 1.02. The molecule has 2 heteroatoms.